The molecule has 0 N–H and O–H groups in total. The van der Waals surface area contributed by atoms with Gasteiger partial charge in [-0.05, 0) is 0 Å². The summed E-state index contributed by atoms with van der Waals surface area (Å²) in [5.74, 6) is 0.918. The Kier molecular flexibility index (Phi) is 5.03. The van der Waals surface area contributed by atoms with Crippen LogP contribution >= 0.6 is 0 Å². The maximum absolute atomic E-state index is 5.20. The summed E-state index contributed by atoms with van der Waals surface area (Å²) in [6.07, 6.45) is 0. The van der Waals surface area contributed by atoms with E-state index in [1.807, 2.05) is 12.1 Å². The van der Waals surface area contributed by atoms with E-state index in [1.54, 1.807) is 7.11 Å². The van der Waals surface area contributed by atoms with Gasteiger partial charge in [0.15, 0.2) is 0 Å². The van der Waals surface area contributed by atoms with Gasteiger partial charge < -0.3 is 0 Å². The van der Waals surface area contributed by atoms with E-state index < -0.39 is 0 Å². The molecule has 0 heterocycles. The van der Waals surface area contributed by atoms with Gasteiger partial charge in [0.2, 0.25) is 0 Å². The zero-order chi connectivity index (χ0) is 13.7. The number of nitrogens with zero attached hydrogens (tertiary/aromatic N) is 1. The first-order chi connectivity index (χ1) is 9.19. The number of ether oxygens (including phenoxy) is 1. The summed E-state index contributed by atoms with van der Waals surface area (Å²) in [6, 6.07) is 17.1. The minimum atomic E-state index is 0.346. The van der Waals surface area contributed by atoms with Crippen LogP contribution in [0.4, 0.5) is 0 Å². The third kappa shape index (κ3) is 4.10. The second-order valence-corrected chi connectivity index (χ2v) is 6.96. The predicted octanol–water partition coefficient (Wildman–Crippen LogP) is 1.41. The quantitative estimate of drug-likeness (QED) is 0.773. The van der Waals surface area contributed by atoms with Gasteiger partial charge >= 0.3 is 121 Å². The second-order valence-electron chi connectivity index (χ2n) is 4.62. The Bertz CT molecular complexity index is 523. The number of benzene rings is 2. The van der Waals surface area contributed by atoms with Crippen LogP contribution in [0, 0.1) is 0 Å². The van der Waals surface area contributed by atoms with Gasteiger partial charge in [-0.1, -0.05) is 0 Å². The number of hydrogen-bond donors (Lipinski definition) is 0. The minimum absolute atomic E-state index is 0.346. The van der Waals surface area contributed by atoms with Gasteiger partial charge in [-0.3, -0.25) is 0 Å². The van der Waals surface area contributed by atoms with Crippen LogP contribution in [-0.4, -0.2) is 41.1 Å². The molecule has 0 saturated carbocycles. The Balaban J connectivity index is 2.17. The summed E-state index contributed by atoms with van der Waals surface area (Å²) in [4.78, 5) is 2.21. The van der Waals surface area contributed by atoms with Crippen LogP contribution in [0.2, 0.25) is 0 Å². The van der Waals surface area contributed by atoms with E-state index in [2.05, 4.69) is 55.4 Å². The number of hydrogen-bond acceptors (Lipinski definition) is 2. The standard InChI is InChI=1S/C16H19NOSe/c1-17(2)12-13-6-4-5-7-16(13)19-15-10-8-14(18-3)9-11-15/h4-11H,12H2,1-3H3. The van der Waals surface area contributed by atoms with Crippen molar-refractivity contribution < 1.29 is 4.74 Å². The van der Waals surface area contributed by atoms with Gasteiger partial charge in [0.05, 0.1) is 0 Å². The Morgan fingerprint density at radius 2 is 1.68 bits per heavy atom. The zero-order valence-corrected chi connectivity index (χ0v) is 13.3. The van der Waals surface area contributed by atoms with E-state index in [1.165, 1.54) is 14.5 Å². The Morgan fingerprint density at radius 3 is 2.32 bits per heavy atom. The predicted molar refractivity (Wildman–Crippen MR) is 81.8 cm³/mol. The van der Waals surface area contributed by atoms with Crippen molar-refractivity contribution in [3.63, 3.8) is 0 Å². The third-order valence-corrected chi connectivity index (χ3v) is 5.11. The van der Waals surface area contributed by atoms with E-state index in [4.69, 9.17) is 4.74 Å². The molecular weight excluding hydrogens is 301 g/mol. The first-order valence-electron chi connectivity index (χ1n) is 6.23. The molecule has 2 aromatic carbocycles. The van der Waals surface area contributed by atoms with Crippen LogP contribution in [0.1, 0.15) is 5.56 Å². The average molecular weight is 320 g/mol. The molecule has 0 radical (unpaired) electrons. The van der Waals surface area contributed by atoms with Crippen LogP contribution in [0.3, 0.4) is 0 Å². The fourth-order valence-corrected chi connectivity index (χ4v) is 3.81. The molecule has 0 atom stereocenters. The van der Waals surface area contributed by atoms with Crippen LogP contribution in [0.25, 0.3) is 0 Å². The van der Waals surface area contributed by atoms with Crippen LogP contribution in [0.5, 0.6) is 5.75 Å². The molecule has 0 spiro atoms. The molecule has 2 aromatic rings. The Morgan fingerprint density at radius 1 is 1.00 bits per heavy atom. The SMILES string of the molecule is COc1ccc([Se]c2ccccc2CN(C)C)cc1. The monoisotopic (exact) mass is 321 g/mol. The molecule has 0 bridgehead atoms. The Labute approximate surface area is 121 Å². The summed E-state index contributed by atoms with van der Waals surface area (Å²) >= 11 is 0.346. The summed E-state index contributed by atoms with van der Waals surface area (Å²) in [7, 11) is 5.92. The fraction of sp³-hybridized carbons (Fsp3) is 0.250. The molecule has 2 rings (SSSR count). The molecule has 0 aliphatic heterocycles. The first-order valence-corrected chi connectivity index (χ1v) is 7.95. The van der Waals surface area contributed by atoms with E-state index in [-0.39, 0.29) is 0 Å². The molecule has 3 heteroatoms. The van der Waals surface area contributed by atoms with Crippen molar-refractivity contribution in [2.45, 2.75) is 6.54 Å². The van der Waals surface area contributed by atoms with Crippen molar-refractivity contribution in [3.05, 3.63) is 54.1 Å². The average Bonchev–Trinajstić information content (AvgIpc) is 2.41. The molecule has 0 fully saturated rings. The third-order valence-electron chi connectivity index (χ3n) is 2.75. The van der Waals surface area contributed by atoms with E-state index in [0.717, 1.165) is 12.3 Å². The van der Waals surface area contributed by atoms with E-state index in [9.17, 15) is 0 Å². The topological polar surface area (TPSA) is 12.5 Å². The molecule has 0 saturated heterocycles. The summed E-state index contributed by atoms with van der Waals surface area (Å²) in [5, 5.41) is 0. The molecule has 0 unspecified atom stereocenters. The summed E-state index contributed by atoms with van der Waals surface area (Å²) in [6.45, 7) is 0.994. The molecule has 2 nitrogen and oxygen atoms in total. The number of rotatable bonds is 5. The molecular formula is C16H19NOSe. The van der Waals surface area contributed by atoms with Crippen LogP contribution < -0.4 is 13.7 Å². The summed E-state index contributed by atoms with van der Waals surface area (Å²) < 4.78 is 8.02. The fourth-order valence-electron chi connectivity index (χ4n) is 1.85. The van der Waals surface area contributed by atoms with Gasteiger partial charge in [-0.15, -0.1) is 0 Å². The van der Waals surface area contributed by atoms with Gasteiger partial charge in [0.25, 0.3) is 0 Å². The maximum atomic E-state index is 5.20. The molecule has 100 valence electrons. The van der Waals surface area contributed by atoms with E-state index in [0.29, 0.717) is 15.0 Å². The van der Waals surface area contributed by atoms with Gasteiger partial charge in [-0.2, -0.15) is 0 Å². The molecule has 0 aliphatic rings. The van der Waals surface area contributed by atoms with Crippen LogP contribution in [0.15, 0.2) is 48.5 Å². The van der Waals surface area contributed by atoms with Gasteiger partial charge in [0, 0.05) is 0 Å². The van der Waals surface area contributed by atoms with Crippen molar-refractivity contribution in [2.24, 2.45) is 0 Å². The van der Waals surface area contributed by atoms with Crippen molar-refractivity contribution in [3.8, 4) is 5.75 Å². The Hall–Kier alpha value is -1.28. The van der Waals surface area contributed by atoms with E-state index >= 15 is 0 Å². The number of methoxy groups -OCH3 is 1. The van der Waals surface area contributed by atoms with Gasteiger partial charge in [-0.25, -0.2) is 0 Å². The first kappa shape index (κ1) is 14.1. The van der Waals surface area contributed by atoms with Gasteiger partial charge in [0.1, 0.15) is 0 Å². The second kappa shape index (κ2) is 6.76. The van der Waals surface area contributed by atoms with Crippen molar-refractivity contribution >= 4 is 23.9 Å². The normalized spacial score (nSPS) is 10.7. The van der Waals surface area contributed by atoms with Crippen molar-refractivity contribution in [2.75, 3.05) is 21.2 Å². The van der Waals surface area contributed by atoms with Crippen LogP contribution in [-0.2, 0) is 6.54 Å². The van der Waals surface area contributed by atoms with Crippen molar-refractivity contribution in [1.29, 1.82) is 0 Å². The molecule has 0 aromatic heterocycles. The van der Waals surface area contributed by atoms with Crippen molar-refractivity contribution in [1.82, 2.24) is 4.90 Å². The summed E-state index contributed by atoms with van der Waals surface area (Å²) in [5.41, 5.74) is 1.42. The molecule has 0 aliphatic carbocycles. The molecule has 19 heavy (non-hydrogen) atoms. The zero-order valence-electron chi connectivity index (χ0n) is 11.6. The molecule has 0 amide bonds.